The Balaban J connectivity index is 2.16. The van der Waals surface area contributed by atoms with E-state index in [0.717, 1.165) is 16.4 Å². The smallest absolute Gasteiger partial charge is 0.325 e. The molecule has 9 heteroatoms. The van der Waals surface area contributed by atoms with Gasteiger partial charge >= 0.3 is 6.18 Å². The second kappa shape index (κ2) is 6.48. The molecule has 0 bridgehead atoms. The third kappa shape index (κ3) is 4.03. The number of sulfonamides is 1. The van der Waals surface area contributed by atoms with E-state index in [1.807, 2.05) is 0 Å². The first-order valence-corrected chi connectivity index (χ1v) is 8.73. The first-order valence-electron chi connectivity index (χ1n) is 7.13. The predicted molar refractivity (Wildman–Crippen MR) is 79.3 cm³/mol. The zero-order chi connectivity index (χ0) is 17.3. The van der Waals surface area contributed by atoms with Crippen LogP contribution in [0.2, 0.25) is 0 Å². The molecular weight excluding hydrogens is 333 g/mol. The number of anilines is 1. The van der Waals surface area contributed by atoms with E-state index in [-0.39, 0.29) is 18.0 Å². The van der Waals surface area contributed by atoms with Gasteiger partial charge in [0.05, 0.1) is 11.3 Å². The number of halogens is 3. The largest absolute Gasteiger partial charge is 0.416 e. The lowest BCUT2D eigenvalue weighted by atomic mass is 10.1. The van der Waals surface area contributed by atoms with E-state index in [1.54, 1.807) is 0 Å². The molecule has 1 aromatic carbocycles. The lowest BCUT2D eigenvalue weighted by Gasteiger charge is -2.22. The maximum Gasteiger partial charge on any atom is 0.416 e. The van der Waals surface area contributed by atoms with Gasteiger partial charge in [0.1, 0.15) is 6.04 Å². The summed E-state index contributed by atoms with van der Waals surface area (Å²) in [6.45, 7) is 1.73. The Morgan fingerprint density at radius 3 is 2.70 bits per heavy atom. The molecule has 1 N–H and O–H groups in total. The Hall–Kier alpha value is -1.61. The molecule has 1 amide bonds. The normalized spacial score (nSPS) is 19.7. The van der Waals surface area contributed by atoms with E-state index >= 15 is 0 Å². The van der Waals surface area contributed by atoms with Crippen LogP contribution >= 0.6 is 0 Å². The average molecular weight is 350 g/mol. The minimum atomic E-state index is -4.51. The van der Waals surface area contributed by atoms with Crippen LogP contribution in [0.15, 0.2) is 24.3 Å². The van der Waals surface area contributed by atoms with Gasteiger partial charge in [-0.2, -0.15) is 17.5 Å². The monoisotopic (exact) mass is 350 g/mol. The average Bonchev–Trinajstić information content (AvgIpc) is 2.97. The van der Waals surface area contributed by atoms with Gasteiger partial charge in [0.2, 0.25) is 15.9 Å². The van der Waals surface area contributed by atoms with Crippen LogP contribution in [0.3, 0.4) is 0 Å². The number of carbonyl (C=O) groups is 1. The number of nitrogens with one attached hydrogen (secondary N) is 1. The maximum atomic E-state index is 12.7. The van der Waals surface area contributed by atoms with E-state index in [2.05, 4.69) is 5.32 Å². The van der Waals surface area contributed by atoms with Crippen molar-refractivity contribution in [2.24, 2.45) is 0 Å². The van der Waals surface area contributed by atoms with Crippen LogP contribution in [-0.4, -0.2) is 37.0 Å². The lowest BCUT2D eigenvalue weighted by Crippen LogP contribution is -2.43. The van der Waals surface area contributed by atoms with Gasteiger partial charge in [-0.25, -0.2) is 8.42 Å². The molecule has 1 unspecified atom stereocenters. The summed E-state index contributed by atoms with van der Waals surface area (Å²) < 4.78 is 63.0. The molecule has 1 fully saturated rings. The summed E-state index contributed by atoms with van der Waals surface area (Å²) in [6, 6.07) is 3.37. The molecular formula is C14H17F3N2O3S. The molecule has 0 spiro atoms. The van der Waals surface area contributed by atoms with Crippen LogP contribution in [0, 0.1) is 0 Å². The molecule has 1 saturated heterocycles. The van der Waals surface area contributed by atoms with Crippen molar-refractivity contribution in [1.82, 2.24) is 4.31 Å². The molecule has 0 radical (unpaired) electrons. The van der Waals surface area contributed by atoms with Crippen molar-refractivity contribution < 1.29 is 26.4 Å². The summed E-state index contributed by atoms with van der Waals surface area (Å²) >= 11 is 0. The summed E-state index contributed by atoms with van der Waals surface area (Å²) in [5.74, 6) is -0.737. The lowest BCUT2D eigenvalue weighted by molar-refractivity contribution is -0.137. The molecule has 0 aliphatic carbocycles. The van der Waals surface area contributed by atoms with Crippen molar-refractivity contribution in [2.75, 3.05) is 17.6 Å². The minimum absolute atomic E-state index is 0.00873. The fourth-order valence-electron chi connectivity index (χ4n) is 2.50. The molecule has 5 nitrogen and oxygen atoms in total. The Bertz CT molecular complexity index is 689. The minimum Gasteiger partial charge on any atom is -0.325 e. The van der Waals surface area contributed by atoms with Crippen molar-refractivity contribution in [2.45, 2.75) is 32.0 Å². The predicted octanol–water partition coefficient (Wildman–Crippen LogP) is 2.46. The molecule has 1 aliphatic heterocycles. The fourth-order valence-corrected chi connectivity index (χ4v) is 3.83. The summed E-state index contributed by atoms with van der Waals surface area (Å²) in [5.41, 5.74) is -0.884. The number of rotatable bonds is 4. The van der Waals surface area contributed by atoms with E-state index < -0.39 is 33.7 Å². The highest BCUT2D eigenvalue weighted by Crippen LogP contribution is 2.31. The Kier molecular flexibility index (Phi) is 5.00. The summed E-state index contributed by atoms with van der Waals surface area (Å²) in [7, 11) is -3.52. The summed E-state index contributed by atoms with van der Waals surface area (Å²) in [6.07, 6.45) is -3.62. The van der Waals surface area contributed by atoms with Gasteiger partial charge < -0.3 is 5.32 Å². The zero-order valence-corrected chi connectivity index (χ0v) is 13.2. The van der Waals surface area contributed by atoms with Gasteiger partial charge in [0.25, 0.3) is 0 Å². The highest BCUT2D eigenvalue weighted by Gasteiger charge is 2.38. The molecule has 2 rings (SSSR count). The van der Waals surface area contributed by atoms with Crippen molar-refractivity contribution >= 4 is 21.6 Å². The summed E-state index contributed by atoms with van der Waals surface area (Å²) in [4.78, 5) is 12.3. The van der Waals surface area contributed by atoms with E-state index in [0.29, 0.717) is 12.8 Å². The number of hydrogen-bond acceptors (Lipinski definition) is 3. The van der Waals surface area contributed by atoms with Gasteiger partial charge in [-0.1, -0.05) is 6.07 Å². The third-order valence-corrected chi connectivity index (χ3v) is 5.57. The number of amides is 1. The fraction of sp³-hybridized carbons (Fsp3) is 0.500. The molecule has 1 aliphatic rings. The van der Waals surface area contributed by atoms with Crippen LogP contribution < -0.4 is 5.32 Å². The third-order valence-electron chi connectivity index (χ3n) is 3.69. The first kappa shape index (κ1) is 17.7. The standard InChI is InChI=1S/C14H17F3N2O3S/c1-2-23(21,22)19-8-4-7-12(19)13(20)18-11-6-3-5-10(9-11)14(15,16)17/h3,5-6,9,12H,2,4,7-8H2,1H3,(H,18,20). The van der Waals surface area contributed by atoms with E-state index in [1.165, 1.54) is 19.1 Å². The van der Waals surface area contributed by atoms with E-state index in [4.69, 9.17) is 0 Å². The molecule has 0 aromatic heterocycles. The van der Waals surface area contributed by atoms with Crippen LogP contribution in [0.4, 0.5) is 18.9 Å². The van der Waals surface area contributed by atoms with E-state index in [9.17, 15) is 26.4 Å². The Morgan fingerprint density at radius 1 is 1.39 bits per heavy atom. The number of carbonyl (C=O) groups excluding carboxylic acids is 1. The molecule has 1 atom stereocenters. The van der Waals surface area contributed by atoms with Gasteiger partial charge in [0, 0.05) is 12.2 Å². The molecule has 128 valence electrons. The number of alkyl halides is 3. The Labute approximate surface area is 132 Å². The van der Waals surface area contributed by atoms with Crippen LogP contribution in [0.25, 0.3) is 0 Å². The van der Waals surface area contributed by atoms with Crippen molar-refractivity contribution in [3.8, 4) is 0 Å². The summed E-state index contributed by atoms with van der Waals surface area (Å²) in [5, 5.41) is 2.38. The zero-order valence-electron chi connectivity index (χ0n) is 12.4. The van der Waals surface area contributed by atoms with Gasteiger partial charge in [-0.3, -0.25) is 4.79 Å². The van der Waals surface area contributed by atoms with Crippen molar-refractivity contribution in [3.05, 3.63) is 29.8 Å². The SMILES string of the molecule is CCS(=O)(=O)N1CCCC1C(=O)Nc1cccc(C(F)(F)F)c1. The molecule has 1 aromatic rings. The van der Waals surface area contributed by atoms with Gasteiger partial charge in [0.15, 0.2) is 0 Å². The number of benzene rings is 1. The van der Waals surface area contributed by atoms with Crippen molar-refractivity contribution in [3.63, 3.8) is 0 Å². The second-order valence-corrected chi connectivity index (χ2v) is 7.45. The van der Waals surface area contributed by atoms with Crippen LogP contribution in [-0.2, 0) is 21.0 Å². The molecule has 0 saturated carbocycles. The topological polar surface area (TPSA) is 66.5 Å². The molecule has 23 heavy (non-hydrogen) atoms. The van der Waals surface area contributed by atoms with Gasteiger partial charge in [-0.05, 0) is 38.0 Å². The number of nitrogens with zero attached hydrogens (tertiary/aromatic N) is 1. The Morgan fingerprint density at radius 2 is 2.09 bits per heavy atom. The maximum absolute atomic E-state index is 12.7. The highest BCUT2D eigenvalue weighted by atomic mass is 32.2. The van der Waals surface area contributed by atoms with Crippen molar-refractivity contribution in [1.29, 1.82) is 0 Å². The van der Waals surface area contributed by atoms with Crippen LogP contribution in [0.1, 0.15) is 25.3 Å². The molecule has 1 heterocycles. The first-order chi connectivity index (χ1) is 10.6. The van der Waals surface area contributed by atoms with Gasteiger partial charge in [-0.15, -0.1) is 0 Å². The second-order valence-electron chi connectivity index (χ2n) is 5.24. The van der Waals surface area contributed by atoms with Crippen LogP contribution in [0.5, 0.6) is 0 Å². The quantitative estimate of drug-likeness (QED) is 0.907. The number of hydrogen-bond donors (Lipinski definition) is 1. The highest BCUT2D eigenvalue weighted by molar-refractivity contribution is 7.89.